The third kappa shape index (κ3) is 2.80. The van der Waals surface area contributed by atoms with Gasteiger partial charge in [0.15, 0.2) is 0 Å². The summed E-state index contributed by atoms with van der Waals surface area (Å²) in [6.07, 6.45) is 6.82. The third-order valence-corrected chi connectivity index (χ3v) is 6.10. The number of aromatic nitrogens is 2. The lowest BCUT2D eigenvalue weighted by Crippen LogP contribution is -2.48. The van der Waals surface area contributed by atoms with Crippen LogP contribution < -0.4 is 5.73 Å². The lowest BCUT2D eigenvalue weighted by molar-refractivity contribution is -0.135. The Morgan fingerprint density at radius 2 is 2.12 bits per heavy atom. The van der Waals surface area contributed by atoms with E-state index in [1.165, 1.54) is 12.8 Å². The van der Waals surface area contributed by atoms with E-state index in [2.05, 4.69) is 9.97 Å². The third-order valence-electron chi connectivity index (χ3n) is 6.10. The Morgan fingerprint density at radius 1 is 1.32 bits per heavy atom. The molecule has 1 aromatic heterocycles. The van der Waals surface area contributed by atoms with Gasteiger partial charge in [-0.2, -0.15) is 0 Å². The molecule has 4 rings (SSSR count). The zero-order valence-electron chi connectivity index (χ0n) is 14.3. The highest BCUT2D eigenvalue weighted by atomic mass is 16.5. The molecule has 134 valence electrons. The maximum Gasteiger partial charge on any atom is 0.272 e. The Morgan fingerprint density at radius 3 is 2.84 bits per heavy atom. The fourth-order valence-corrected chi connectivity index (χ4v) is 4.54. The van der Waals surface area contributed by atoms with E-state index >= 15 is 0 Å². The van der Waals surface area contributed by atoms with E-state index in [0.717, 1.165) is 18.7 Å². The Balaban J connectivity index is 1.55. The van der Waals surface area contributed by atoms with E-state index in [1.807, 2.05) is 0 Å². The van der Waals surface area contributed by atoms with Gasteiger partial charge in [-0.15, -0.1) is 0 Å². The number of ether oxygens (including phenoxy) is 1. The Kier molecular flexibility index (Phi) is 4.19. The van der Waals surface area contributed by atoms with Crippen LogP contribution in [0.25, 0.3) is 0 Å². The molecule has 2 amide bonds. The molecule has 1 aromatic rings. The monoisotopic (exact) mass is 344 g/mol. The highest BCUT2D eigenvalue weighted by molar-refractivity contribution is 5.93. The first-order chi connectivity index (χ1) is 12.1. The van der Waals surface area contributed by atoms with Crippen molar-refractivity contribution in [3.63, 3.8) is 0 Å². The molecule has 0 bridgehead atoms. The van der Waals surface area contributed by atoms with Gasteiger partial charge in [-0.3, -0.25) is 9.59 Å². The zero-order chi connectivity index (χ0) is 17.4. The topological polar surface area (TPSA) is 98.4 Å². The number of rotatable bonds is 3. The second-order valence-electron chi connectivity index (χ2n) is 7.51. The van der Waals surface area contributed by atoms with Crippen molar-refractivity contribution in [2.45, 2.75) is 38.0 Å². The van der Waals surface area contributed by atoms with Crippen molar-refractivity contribution in [2.75, 3.05) is 26.3 Å². The molecule has 7 nitrogen and oxygen atoms in total. The normalized spacial score (nSPS) is 29.6. The van der Waals surface area contributed by atoms with E-state index < -0.39 is 5.41 Å². The maximum absolute atomic E-state index is 13.0. The number of nitrogens with zero attached hydrogens (tertiary/aromatic N) is 3. The molecule has 3 heterocycles. The number of nitrogens with two attached hydrogens (primary N) is 1. The first-order valence-electron chi connectivity index (χ1n) is 9.10. The van der Waals surface area contributed by atoms with Gasteiger partial charge in [0.25, 0.3) is 5.91 Å². The van der Waals surface area contributed by atoms with Crippen molar-refractivity contribution < 1.29 is 14.3 Å². The standard InChI is InChI=1S/C18H24N4O3/c19-17(24)18-6-8-25-10-13(18)9-22(11-18)16(23)14-5-7-20-15(21-14)12-3-1-2-4-12/h5,7,12-13H,1-4,6,8-11H2,(H2,19,24)/t13-,18+/m1/s1. The fourth-order valence-electron chi connectivity index (χ4n) is 4.54. The predicted molar refractivity (Wildman–Crippen MR) is 89.7 cm³/mol. The molecule has 0 aromatic carbocycles. The summed E-state index contributed by atoms with van der Waals surface area (Å²) in [5.74, 6) is 0.633. The van der Waals surface area contributed by atoms with E-state index in [-0.39, 0.29) is 17.7 Å². The molecule has 0 radical (unpaired) electrons. The molecule has 2 N–H and O–H groups in total. The summed E-state index contributed by atoms with van der Waals surface area (Å²) in [7, 11) is 0. The van der Waals surface area contributed by atoms with Crippen LogP contribution in [0.3, 0.4) is 0 Å². The quantitative estimate of drug-likeness (QED) is 0.885. The number of amides is 2. The molecule has 3 fully saturated rings. The van der Waals surface area contributed by atoms with Crippen molar-refractivity contribution in [1.29, 1.82) is 0 Å². The lowest BCUT2D eigenvalue weighted by atomic mass is 9.74. The number of primary amides is 1. The SMILES string of the molecule is NC(=O)[C@]12CCOC[C@H]1CN(C(=O)c1ccnc(C3CCCC3)n1)C2. The van der Waals surface area contributed by atoms with Gasteiger partial charge in [0, 0.05) is 37.7 Å². The van der Waals surface area contributed by atoms with Gasteiger partial charge in [-0.05, 0) is 25.3 Å². The molecular weight excluding hydrogens is 320 g/mol. The first kappa shape index (κ1) is 16.4. The van der Waals surface area contributed by atoms with Crippen LogP contribution in [-0.4, -0.2) is 53.0 Å². The van der Waals surface area contributed by atoms with Gasteiger partial charge < -0.3 is 15.4 Å². The zero-order valence-corrected chi connectivity index (χ0v) is 14.3. The molecule has 1 aliphatic carbocycles. The molecule has 25 heavy (non-hydrogen) atoms. The van der Waals surface area contributed by atoms with Crippen LogP contribution >= 0.6 is 0 Å². The van der Waals surface area contributed by atoms with Crippen LogP contribution in [0.2, 0.25) is 0 Å². The van der Waals surface area contributed by atoms with Gasteiger partial charge in [-0.1, -0.05) is 12.8 Å². The van der Waals surface area contributed by atoms with E-state index in [4.69, 9.17) is 10.5 Å². The second-order valence-corrected chi connectivity index (χ2v) is 7.51. The van der Waals surface area contributed by atoms with Gasteiger partial charge in [0.05, 0.1) is 12.0 Å². The van der Waals surface area contributed by atoms with E-state index in [9.17, 15) is 9.59 Å². The van der Waals surface area contributed by atoms with Gasteiger partial charge in [-0.25, -0.2) is 9.97 Å². The fraction of sp³-hybridized carbons (Fsp3) is 0.667. The smallest absolute Gasteiger partial charge is 0.272 e. The molecule has 1 saturated carbocycles. The van der Waals surface area contributed by atoms with Gasteiger partial charge in [0.1, 0.15) is 11.5 Å². The van der Waals surface area contributed by atoms with Crippen LogP contribution in [0.5, 0.6) is 0 Å². The summed E-state index contributed by atoms with van der Waals surface area (Å²) >= 11 is 0. The average molecular weight is 344 g/mol. The Hall–Kier alpha value is -2.02. The van der Waals surface area contributed by atoms with Gasteiger partial charge >= 0.3 is 0 Å². The van der Waals surface area contributed by atoms with Crippen molar-refractivity contribution in [3.05, 3.63) is 23.8 Å². The number of carbonyl (C=O) groups excluding carboxylic acids is 2. The minimum absolute atomic E-state index is 0.0289. The highest BCUT2D eigenvalue weighted by Crippen LogP contribution is 2.42. The molecule has 2 saturated heterocycles. The molecule has 2 atom stereocenters. The van der Waals surface area contributed by atoms with Crippen molar-refractivity contribution >= 4 is 11.8 Å². The number of likely N-dealkylation sites (tertiary alicyclic amines) is 1. The number of fused-ring (bicyclic) bond motifs is 1. The molecular formula is C18H24N4O3. The summed E-state index contributed by atoms with van der Waals surface area (Å²) in [6.45, 7) is 1.84. The molecule has 0 spiro atoms. The minimum Gasteiger partial charge on any atom is -0.381 e. The molecule has 0 unspecified atom stereocenters. The number of hydrogen-bond acceptors (Lipinski definition) is 5. The van der Waals surface area contributed by atoms with Crippen LogP contribution in [0.1, 0.15) is 54.3 Å². The van der Waals surface area contributed by atoms with Crippen LogP contribution in [0, 0.1) is 11.3 Å². The summed E-state index contributed by atoms with van der Waals surface area (Å²) in [6, 6.07) is 1.66. The molecule has 2 aliphatic heterocycles. The number of hydrogen-bond donors (Lipinski definition) is 1. The first-order valence-corrected chi connectivity index (χ1v) is 9.10. The average Bonchev–Trinajstić information content (AvgIpc) is 3.29. The maximum atomic E-state index is 13.0. The van der Waals surface area contributed by atoms with Crippen molar-refractivity contribution in [1.82, 2.24) is 14.9 Å². The van der Waals surface area contributed by atoms with E-state index in [0.29, 0.717) is 44.3 Å². The molecule has 3 aliphatic rings. The number of carbonyl (C=O) groups is 2. The van der Waals surface area contributed by atoms with Crippen molar-refractivity contribution in [2.24, 2.45) is 17.1 Å². The Bertz CT molecular complexity index is 689. The second kappa shape index (κ2) is 6.37. The summed E-state index contributed by atoms with van der Waals surface area (Å²) in [4.78, 5) is 35.7. The van der Waals surface area contributed by atoms with Crippen LogP contribution in [0.15, 0.2) is 12.3 Å². The van der Waals surface area contributed by atoms with Crippen molar-refractivity contribution in [3.8, 4) is 0 Å². The molecule has 7 heteroatoms. The van der Waals surface area contributed by atoms with Gasteiger partial charge in [0.2, 0.25) is 5.91 Å². The lowest BCUT2D eigenvalue weighted by Gasteiger charge is -2.34. The summed E-state index contributed by atoms with van der Waals surface area (Å²) in [5, 5.41) is 0. The van der Waals surface area contributed by atoms with E-state index in [1.54, 1.807) is 17.2 Å². The predicted octanol–water partition coefficient (Wildman–Crippen LogP) is 1.10. The van der Waals surface area contributed by atoms with Crippen LogP contribution in [0.4, 0.5) is 0 Å². The summed E-state index contributed by atoms with van der Waals surface area (Å²) in [5.41, 5.74) is 5.45. The Labute approximate surface area is 146 Å². The van der Waals surface area contributed by atoms with Crippen LogP contribution in [-0.2, 0) is 9.53 Å². The minimum atomic E-state index is -0.658. The largest absolute Gasteiger partial charge is 0.381 e. The summed E-state index contributed by atoms with van der Waals surface area (Å²) < 4.78 is 5.51. The highest BCUT2D eigenvalue weighted by Gasteiger charge is 2.53.